The van der Waals surface area contributed by atoms with Gasteiger partial charge in [0.15, 0.2) is 11.4 Å². The van der Waals surface area contributed by atoms with E-state index >= 15 is 0 Å². The Morgan fingerprint density at radius 2 is 2.22 bits per heavy atom. The molecule has 27 heavy (non-hydrogen) atoms. The van der Waals surface area contributed by atoms with E-state index < -0.39 is 11.7 Å². The first-order chi connectivity index (χ1) is 12.9. The number of H-pyrrole nitrogens is 1. The molecule has 3 aromatic rings. The average Bonchev–Trinajstić information content (AvgIpc) is 3.24. The maximum atomic E-state index is 11.9. The Kier molecular flexibility index (Phi) is 4.71. The first-order valence-electron chi connectivity index (χ1n) is 7.86. The molecule has 1 amide bonds. The third-order valence-electron chi connectivity index (χ3n) is 3.18. The number of aromatic nitrogens is 5. The summed E-state index contributed by atoms with van der Waals surface area (Å²) in [6.07, 6.45) is 0.806. The lowest BCUT2D eigenvalue weighted by Gasteiger charge is -2.19. The number of carbonyl (C=O) groups is 1. The average molecular weight is 368 g/mol. The lowest BCUT2D eigenvalue weighted by atomic mass is 10.2. The maximum absolute atomic E-state index is 11.9. The summed E-state index contributed by atoms with van der Waals surface area (Å²) in [5.74, 6) is 0.397. The van der Waals surface area contributed by atoms with Crippen LogP contribution in [-0.2, 0) is 4.74 Å². The Balaban J connectivity index is 1.81. The third kappa shape index (κ3) is 4.37. The second kappa shape index (κ2) is 7.12. The van der Waals surface area contributed by atoms with E-state index in [1.54, 1.807) is 39.0 Å². The number of tetrazole rings is 1. The number of aromatic amines is 1. The van der Waals surface area contributed by atoms with Crippen molar-refractivity contribution in [3.63, 3.8) is 0 Å². The zero-order chi connectivity index (χ0) is 19.4. The fraction of sp³-hybridized carbons (Fsp3) is 0.250. The predicted octanol–water partition coefficient (Wildman–Crippen LogP) is 2.66. The van der Waals surface area contributed by atoms with Crippen LogP contribution in [0.2, 0.25) is 0 Å². The van der Waals surface area contributed by atoms with Crippen molar-refractivity contribution in [2.24, 2.45) is 0 Å². The van der Waals surface area contributed by atoms with Crippen LogP contribution in [0.1, 0.15) is 26.6 Å². The standard InChI is InChI=1S/C16H16N8O3/c1-16(2,3)26-15(25)19-14-11-6-10(4-5-12(11)27-22-14)18-8-9(7-17)13-20-23-24-21-13/h4-6,8,18H,1-3H3,(H,19,22,25)(H,20,21,23,24). The molecule has 0 aliphatic heterocycles. The predicted molar refractivity (Wildman–Crippen MR) is 95.3 cm³/mol. The highest BCUT2D eigenvalue weighted by molar-refractivity contribution is 5.97. The Hall–Kier alpha value is -3.94. The van der Waals surface area contributed by atoms with Gasteiger partial charge in [-0.15, -0.1) is 10.2 Å². The molecule has 3 rings (SSSR count). The lowest BCUT2D eigenvalue weighted by Crippen LogP contribution is -2.27. The highest BCUT2D eigenvalue weighted by atomic mass is 16.6. The van der Waals surface area contributed by atoms with Crippen LogP contribution < -0.4 is 10.6 Å². The van der Waals surface area contributed by atoms with E-state index in [-0.39, 0.29) is 17.2 Å². The number of anilines is 2. The number of hydrogen-bond acceptors (Lipinski definition) is 9. The van der Waals surface area contributed by atoms with Crippen molar-refractivity contribution in [2.45, 2.75) is 26.4 Å². The Morgan fingerprint density at radius 3 is 2.89 bits per heavy atom. The smallest absolute Gasteiger partial charge is 0.413 e. The molecule has 11 heteroatoms. The van der Waals surface area contributed by atoms with Gasteiger partial charge in [0.2, 0.25) is 5.82 Å². The van der Waals surface area contributed by atoms with Gasteiger partial charge in [-0.25, -0.2) is 4.79 Å². The molecule has 0 aliphatic rings. The highest BCUT2D eigenvalue weighted by Crippen LogP contribution is 2.26. The van der Waals surface area contributed by atoms with E-state index in [2.05, 4.69) is 36.4 Å². The molecule has 0 atom stereocenters. The van der Waals surface area contributed by atoms with Gasteiger partial charge in [-0.05, 0) is 44.2 Å². The van der Waals surface area contributed by atoms with E-state index in [0.717, 1.165) is 0 Å². The number of carbonyl (C=O) groups excluding carboxylic acids is 1. The van der Waals surface area contributed by atoms with Crippen LogP contribution in [0.25, 0.3) is 16.5 Å². The molecule has 0 unspecified atom stereocenters. The van der Waals surface area contributed by atoms with Crippen molar-refractivity contribution in [1.82, 2.24) is 25.8 Å². The minimum Gasteiger partial charge on any atom is -0.444 e. The minimum absolute atomic E-state index is 0.170. The number of nitriles is 1. The number of ether oxygens (including phenoxy) is 1. The second-order valence-corrected chi connectivity index (χ2v) is 6.42. The Labute approximate surface area is 153 Å². The summed E-state index contributed by atoms with van der Waals surface area (Å²) in [6, 6.07) is 7.09. The summed E-state index contributed by atoms with van der Waals surface area (Å²) in [6.45, 7) is 5.29. The van der Waals surface area contributed by atoms with Crippen molar-refractivity contribution in [3.05, 3.63) is 30.2 Å². The molecule has 0 bridgehead atoms. The van der Waals surface area contributed by atoms with Crippen molar-refractivity contribution in [3.8, 4) is 6.07 Å². The molecule has 0 spiro atoms. The van der Waals surface area contributed by atoms with Crippen LogP contribution in [0, 0.1) is 11.3 Å². The maximum Gasteiger partial charge on any atom is 0.413 e. The van der Waals surface area contributed by atoms with E-state index in [4.69, 9.17) is 9.26 Å². The van der Waals surface area contributed by atoms with Gasteiger partial charge in [0, 0.05) is 11.9 Å². The highest BCUT2D eigenvalue weighted by Gasteiger charge is 2.19. The molecule has 0 saturated carbocycles. The molecule has 0 radical (unpaired) electrons. The number of fused-ring (bicyclic) bond motifs is 1. The molecule has 0 fully saturated rings. The fourth-order valence-corrected chi connectivity index (χ4v) is 2.10. The normalized spacial score (nSPS) is 11.9. The largest absolute Gasteiger partial charge is 0.444 e. The molecule has 138 valence electrons. The van der Waals surface area contributed by atoms with Crippen LogP contribution in [0.3, 0.4) is 0 Å². The molecular formula is C16H16N8O3. The Morgan fingerprint density at radius 1 is 1.41 bits per heavy atom. The van der Waals surface area contributed by atoms with Crippen LogP contribution in [-0.4, -0.2) is 37.5 Å². The molecule has 3 N–H and O–H groups in total. The number of nitrogens with one attached hydrogen (secondary N) is 3. The van der Waals surface area contributed by atoms with Crippen molar-refractivity contribution >= 4 is 34.1 Å². The zero-order valence-electron chi connectivity index (χ0n) is 14.8. The van der Waals surface area contributed by atoms with Gasteiger partial charge >= 0.3 is 6.09 Å². The molecule has 0 aliphatic carbocycles. The molecule has 11 nitrogen and oxygen atoms in total. The minimum atomic E-state index is -0.639. The van der Waals surface area contributed by atoms with Crippen molar-refractivity contribution in [2.75, 3.05) is 10.6 Å². The second-order valence-electron chi connectivity index (χ2n) is 6.42. The molecule has 2 aromatic heterocycles. The molecule has 2 heterocycles. The van der Waals surface area contributed by atoms with E-state index in [1.807, 2.05) is 6.07 Å². The first-order valence-corrected chi connectivity index (χ1v) is 7.86. The van der Waals surface area contributed by atoms with Crippen LogP contribution in [0.5, 0.6) is 0 Å². The fourth-order valence-electron chi connectivity index (χ4n) is 2.10. The molecule has 0 saturated heterocycles. The van der Waals surface area contributed by atoms with Gasteiger partial charge in [-0.2, -0.15) is 10.5 Å². The van der Waals surface area contributed by atoms with Crippen LogP contribution in [0.15, 0.2) is 28.9 Å². The van der Waals surface area contributed by atoms with E-state index in [1.165, 1.54) is 6.20 Å². The monoisotopic (exact) mass is 368 g/mol. The number of amides is 1. The van der Waals surface area contributed by atoms with Crippen molar-refractivity contribution < 1.29 is 14.1 Å². The summed E-state index contributed by atoms with van der Waals surface area (Å²) >= 11 is 0. The summed E-state index contributed by atoms with van der Waals surface area (Å²) in [5, 5.41) is 32.3. The van der Waals surface area contributed by atoms with Gasteiger partial charge < -0.3 is 14.6 Å². The number of rotatable bonds is 4. The number of hydrogen-bond donors (Lipinski definition) is 3. The van der Waals surface area contributed by atoms with Crippen molar-refractivity contribution in [1.29, 1.82) is 5.26 Å². The quantitative estimate of drug-likeness (QED) is 0.589. The van der Waals surface area contributed by atoms with Gasteiger partial charge in [-0.1, -0.05) is 5.16 Å². The zero-order valence-corrected chi connectivity index (χ0v) is 14.8. The van der Waals surface area contributed by atoms with Gasteiger partial charge in [0.25, 0.3) is 0 Å². The topological polar surface area (TPSA) is 155 Å². The van der Waals surface area contributed by atoms with E-state index in [9.17, 15) is 10.1 Å². The summed E-state index contributed by atoms with van der Waals surface area (Å²) in [4.78, 5) is 11.9. The van der Waals surface area contributed by atoms with Gasteiger partial charge in [-0.3, -0.25) is 5.32 Å². The summed E-state index contributed by atoms with van der Waals surface area (Å²) in [5.41, 5.74) is 0.675. The van der Waals surface area contributed by atoms with Crippen LogP contribution in [0.4, 0.5) is 16.3 Å². The number of nitrogens with zero attached hydrogens (tertiary/aromatic N) is 5. The first kappa shape index (κ1) is 17.9. The molecule has 1 aromatic carbocycles. The lowest BCUT2D eigenvalue weighted by molar-refractivity contribution is 0.0635. The van der Waals surface area contributed by atoms with Gasteiger partial charge in [0.1, 0.15) is 17.2 Å². The Bertz CT molecular complexity index is 1020. The SMILES string of the molecule is CC(C)(C)OC(=O)Nc1noc2ccc(NC=C(C#N)c3nn[nH]n3)cc12. The summed E-state index contributed by atoms with van der Waals surface area (Å²) in [7, 11) is 0. The van der Waals surface area contributed by atoms with Gasteiger partial charge in [0.05, 0.1) is 5.39 Å². The van der Waals surface area contributed by atoms with E-state index in [0.29, 0.717) is 16.7 Å². The number of allylic oxidation sites excluding steroid dienone is 1. The molecular weight excluding hydrogens is 352 g/mol. The number of benzene rings is 1. The third-order valence-corrected chi connectivity index (χ3v) is 3.18. The summed E-state index contributed by atoms with van der Waals surface area (Å²) < 4.78 is 10.4. The van der Waals surface area contributed by atoms with Crippen LogP contribution >= 0.6 is 0 Å².